The van der Waals surface area contributed by atoms with Gasteiger partial charge >= 0.3 is 5.97 Å². The van der Waals surface area contributed by atoms with Crippen molar-refractivity contribution in [3.63, 3.8) is 0 Å². The summed E-state index contributed by atoms with van der Waals surface area (Å²) < 4.78 is 5.04. The number of hydrogen-bond donors (Lipinski definition) is 1. The van der Waals surface area contributed by atoms with Gasteiger partial charge in [0.2, 0.25) is 0 Å². The van der Waals surface area contributed by atoms with Gasteiger partial charge in [0.1, 0.15) is 5.92 Å². The van der Waals surface area contributed by atoms with Crippen molar-refractivity contribution in [2.24, 2.45) is 5.92 Å². The van der Waals surface area contributed by atoms with E-state index in [4.69, 9.17) is 39.5 Å². The third kappa shape index (κ3) is 4.12. The van der Waals surface area contributed by atoms with Crippen molar-refractivity contribution < 1.29 is 14.3 Å². The predicted molar refractivity (Wildman–Crippen MR) is 122 cm³/mol. The van der Waals surface area contributed by atoms with Crippen molar-refractivity contribution >= 4 is 46.6 Å². The molecule has 0 spiro atoms. The maximum Gasteiger partial charge on any atom is 0.315 e. The zero-order valence-corrected chi connectivity index (χ0v) is 19.0. The number of ether oxygens (including phenoxy) is 1. The fraction of sp³-hybridized carbons (Fsp3) is 0.250. The van der Waals surface area contributed by atoms with Gasteiger partial charge in [-0.2, -0.15) is 0 Å². The van der Waals surface area contributed by atoms with Crippen LogP contribution in [0.1, 0.15) is 35.8 Å². The van der Waals surface area contributed by atoms with Gasteiger partial charge in [0, 0.05) is 44.4 Å². The van der Waals surface area contributed by atoms with E-state index in [-0.39, 0.29) is 11.7 Å². The first-order valence-electron chi connectivity index (χ1n) is 9.80. The molecule has 0 fully saturated rings. The Labute approximate surface area is 195 Å². The number of ketones is 1. The first kappa shape index (κ1) is 21.9. The summed E-state index contributed by atoms with van der Waals surface area (Å²) in [5.41, 5.74) is 3.48. The van der Waals surface area contributed by atoms with Gasteiger partial charge in [0.15, 0.2) is 5.78 Å². The van der Waals surface area contributed by atoms with Gasteiger partial charge in [-0.1, -0.05) is 59.6 Å². The molecule has 3 unspecified atom stereocenters. The molecule has 0 bridgehead atoms. The minimum Gasteiger partial charge on any atom is -0.468 e. The number of Topliss-reactive ketones (excluding diaryl/α,β-unsaturated/α-hetero) is 1. The molecule has 2 aliphatic rings. The summed E-state index contributed by atoms with van der Waals surface area (Å²) >= 11 is 18.6. The lowest BCUT2D eigenvalue weighted by atomic mass is 9.69. The molecule has 2 aromatic carbocycles. The standard InChI is InChI=1S/C24H20Cl3NO3/c1-12-21(24(30)31-2)22(17-8-7-16(26)11-18(17)27)23-19(28-12)9-14(10-20(23)29)13-3-5-15(25)6-4-13/h3-8,11,14,21-22,28H,1,9-10H2,2H3. The van der Waals surface area contributed by atoms with E-state index in [2.05, 4.69) is 11.9 Å². The normalized spacial score (nSPS) is 23.3. The van der Waals surface area contributed by atoms with Crippen molar-refractivity contribution in [2.45, 2.75) is 24.7 Å². The highest BCUT2D eigenvalue weighted by atomic mass is 35.5. The number of carbonyl (C=O) groups is 2. The average Bonchev–Trinajstić information content (AvgIpc) is 2.73. The minimum atomic E-state index is -0.779. The Morgan fingerprint density at radius 2 is 1.74 bits per heavy atom. The van der Waals surface area contributed by atoms with Crippen molar-refractivity contribution in [2.75, 3.05) is 7.11 Å². The molecule has 3 atom stereocenters. The number of rotatable bonds is 3. The summed E-state index contributed by atoms with van der Waals surface area (Å²) in [5, 5.41) is 4.74. The molecule has 1 heterocycles. The summed E-state index contributed by atoms with van der Waals surface area (Å²) in [5.74, 6) is -1.89. The fourth-order valence-corrected chi connectivity index (χ4v) is 5.17. The molecule has 1 aliphatic heterocycles. The van der Waals surface area contributed by atoms with Crippen LogP contribution in [0.5, 0.6) is 0 Å². The van der Waals surface area contributed by atoms with E-state index in [0.717, 1.165) is 11.3 Å². The van der Waals surface area contributed by atoms with Gasteiger partial charge < -0.3 is 10.1 Å². The molecule has 1 N–H and O–H groups in total. The van der Waals surface area contributed by atoms with Crippen LogP contribution in [0.15, 0.2) is 66.0 Å². The topological polar surface area (TPSA) is 55.4 Å². The summed E-state index contributed by atoms with van der Waals surface area (Å²) in [6.07, 6.45) is 0.932. The van der Waals surface area contributed by atoms with E-state index in [1.54, 1.807) is 18.2 Å². The van der Waals surface area contributed by atoms with Crippen LogP contribution in [0.25, 0.3) is 0 Å². The maximum atomic E-state index is 13.4. The molecule has 4 rings (SSSR count). The van der Waals surface area contributed by atoms with Crippen molar-refractivity contribution in [3.05, 3.63) is 92.2 Å². The summed E-state index contributed by atoms with van der Waals surface area (Å²) in [6.45, 7) is 4.07. The predicted octanol–water partition coefficient (Wildman–Crippen LogP) is 6.04. The first-order valence-corrected chi connectivity index (χ1v) is 10.9. The Hall–Kier alpha value is -2.27. The highest BCUT2D eigenvalue weighted by Gasteiger charge is 2.45. The number of halogens is 3. The number of benzene rings is 2. The van der Waals surface area contributed by atoms with Crippen LogP contribution in [-0.4, -0.2) is 18.9 Å². The highest BCUT2D eigenvalue weighted by Crippen LogP contribution is 2.48. The van der Waals surface area contributed by atoms with Crippen molar-refractivity contribution in [1.29, 1.82) is 0 Å². The average molecular weight is 477 g/mol. The summed E-state index contributed by atoms with van der Waals surface area (Å²) in [7, 11) is 1.32. The van der Waals surface area contributed by atoms with E-state index >= 15 is 0 Å². The Balaban J connectivity index is 1.82. The van der Waals surface area contributed by atoms with E-state index in [1.165, 1.54) is 7.11 Å². The van der Waals surface area contributed by atoms with Gasteiger partial charge in [-0.15, -0.1) is 0 Å². The molecule has 7 heteroatoms. The monoisotopic (exact) mass is 475 g/mol. The molecule has 1 aliphatic carbocycles. The number of esters is 1. The van der Waals surface area contributed by atoms with Crippen LogP contribution >= 0.6 is 34.8 Å². The smallest absolute Gasteiger partial charge is 0.315 e. The third-order valence-corrected chi connectivity index (χ3v) is 6.75. The van der Waals surface area contributed by atoms with Gasteiger partial charge in [0.05, 0.1) is 7.11 Å². The number of nitrogens with one attached hydrogen (secondary N) is 1. The molecule has 0 saturated heterocycles. The number of methoxy groups -OCH3 is 1. The van der Waals surface area contributed by atoms with Crippen LogP contribution in [0, 0.1) is 5.92 Å². The number of carbonyl (C=O) groups excluding carboxylic acids is 2. The highest BCUT2D eigenvalue weighted by molar-refractivity contribution is 6.35. The summed E-state index contributed by atoms with van der Waals surface area (Å²) in [4.78, 5) is 26.1. The van der Waals surface area contributed by atoms with Gasteiger partial charge in [-0.25, -0.2) is 0 Å². The third-order valence-electron chi connectivity index (χ3n) is 5.93. The van der Waals surface area contributed by atoms with Gasteiger partial charge in [0.25, 0.3) is 0 Å². The van der Waals surface area contributed by atoms with Gasteiger partial charge in [-0.3, -0.25) is 9.59 Å². The second kappa shape index (κ2) is 8.70. The van der Waals surface area contributed by atoms with Crippen LogP contribution in [0.3, 0.4) is 0 Å². The minimum absolute atomic E-state index is 0.000155. The number of hydrogen-bond acceptors (Lipinski definition) is 4. The molecule has 0 amide bonds. The molecular weight excluding hydrogens is 457 g/mol. The lowest BCUT2D eigenvalue weighted by Crippen LogP contribution is -2.42. The molecule has 0 radical (unpaired) electrons. The van der Waals surface area contributed by atoms with Crippen LogP contribution in [-0.2, 0) is 14.3 Å². The zero-order valence-electron chi connectivity index (χ0n) is 16.8. The zero-order chi connectivity index (χ0) is 22.3. The Morgan fingerprint density at radius 1 is 1.06 bits per heavy atom. The van der Waals surface area contributed by atoms with E-state index in [1.807, 2.05) is 24.3 Å². The Kier molecular flexibility index (Phi) is 6.16. The quantitative estimate of drug-likeness (QED) is 0.549. The maximum absolute atomic E-state index is 13.4. The Morgan fingerprint density at radius 3 is 2.39 bits per heavy atom. The lowest BCUT2D eigenvalue weighted by Gasteiger charge is -2.40. The van der Waals surface area contributed by atoms with Crippen LogP contribution < -0.4 is 5.32 Å². The van der Waals surface area contributed by atoms with Gasteiger partial charge in [-0.05, 0) is 47.7 Å². The molecule has 0 aromatic heterocycles. The Bertz CT molecular complexity index is 1110. The molecule has 4 nitrogen and oxygen atoms in total. The second-order valence-electron chi connectivity index (χ2n) is 7.77. The van der Waals surface area contributed by atoms with Crippen LogP contribution in [0.2, 0.25) is 15.1 Å². The van der Waals surface area contributed by atoms with Crippen molar-refractivity contribution in [3.8, 4) is 0 Å². The molecule has 2 aromatic rings. The van der Waals surface area contributed by atoms with E-state index < -0.39 is 17.8 Å². The fourth-order valence-electron chi connectivity index (χ4n) is 4.51. The second-order valence-corrected chi connectivity index (χ2v) is 9.05. The SMILES string of the molecule is C=C1NC2=C(C(=O)CC(c3ccc(Cl)cc3)C2)C(c2ccc(Cl)cc2Cl)C1C(=O)OC. The first-order chi connectivity index (χ1) is 14.8. The van der Waals surface area contributed by atoms with E-state index in [9.17, 15) is 9.59 Å². The molecular formula is C24H20Cl3NO3. The van der Waals surface area contributed by atoms with Crippen LogP contribution in [0.4, 0.5) is 0 Å². The molecule has 31 heavy (non-hydrogen) atoms. The van der Waals surface area contributed by atoms with E-state index in [0.29, 0.717) is 44.7 Å². The van der Waals surface area contributed by atoms with Crippen molar-refractivity contribution in [1.82, 2.24) is 5.32 Å². The summed E-state index contributed by atoms with van der Waals surface area (Å²) in [6, 6.07) is 12.6. The molecule has 0 saturated carbocycles. The number of allylic oxidation sites excluding steroid dienone is 2. The largest absolute Gasteiger partial charge is 0.468 e. The lowest BCUT2D eigenvalue weighted by molar-refractivity contribution is -0.144. The molecule has 160 valence electrons.